The molecule has 0 bridgehead atoms. The van der Waals surface area contributed by atoms with Gasteiger partial charge in [0.1, 0.15) is 0 Å². The van der Waals surface area contributed by atoms with Crippen LogP contribution >= 0.6 is 0 Å². The van der Waals surface area contributed by atoms with E-state index in [4.69, 9.17) is 4.74 Å². The van der Waals surface area contributed by atoms with Crippen molar-refractivity contribution in [3.8, 4) is 0 Å². The molecule has 0 aromatic rings. The van der Waals surface area contributed by atoms with Crippen LogP contribution < -0.4 is 5.32 Å². The van der Waals surface area contributed by atoms with Gasteiger partial charge in [-0.2, -0.15) is 0 Å². The first kappa shape index (κ1) is 12.4. The van der Waals surface area contributed by atoms with E-state index in [1.165, 1.54) is 7.11 Å². The van der Waals surface area contributed by atoms with E-state index in [2.05, 4.69) is 23.1 Å². The Bertz CT molecular complexity index is 152. The summed E-state index contributed by atoms with van der Waals surface area (Å²) in [6.07, 6.45) is 0.496. The van der Waals surface area contributed by atoms with Crippen LogP contribution in [0.2, 0.25) is 13.1 Å². The Morgan fingerprint density at radius 1 is 1.46 bits per heavy atom. The number of carbonyl (C=O) groups excluding carboxylic acids is 1. The number of hydrogen-bond acceptors (Lipinski definition) is 3. The van der Waals surface area contributed by atoms with E-state index >= 15 is 0 Å². The van der Waals surface area contributed by atoms with Gasteiger partial charge >= 0.3 is 6.09 Å². The molecule has 0 aromatic carbocycles. The van der Waals surface area contributed by atoms with Gasteiger partial charge in [-0.15, -0.1) is 0 Å². The molecule has 0 aliphatic rings. The number of rotatable bonds is 5. The first-order chi connectivity index (χ1) is 6.11. The van der Waals surface area contributed by atoms with Crippen LogP contribution in [0, 0.1) is 0 Å². The molecule has 1 amide bonds. The summed E-state index contributed by atoms with van der Waals surface area (Å²) in [4.78, 5) is 10.7. The maximum absolute atomic E-state index is 10.7. The molecule has 0 rings (SSSR count). The van der Waals surface area contributed by atoms with E-state index in [9.17, 15) is 4.79 Å². The van der Waals surface area contributed by atoms with Gasteiger partial charge in [0.15, 0.2) is 0 Å². The average molecular weight is 205 g/mol. The zero-order chi connectivity index (χ0) is 10.3. The van der Waals surface area contributed by atoms with E-state index in [-0.39, 0.29) is 6.09 Å². The number of amides is 1. The molecule has 0 radical (unpaired) electrons. The van der Waals surface area contributed by atoms with Crippen LogP contribution in [0.4, 0.5) is 4.79 Å². The van der Waals surface area contributed by atoms with Gasteiger partial charge < -0.3 is 14.8 Å². The maximum atomic E-state index is 10.7. The molecule has 0 heterocycles. The molecule has 0 saturated heterocycles. The molecule has 0 aliphatic heterocycles. The highest BCUT2D eigenvalue weighted by molar-refractivity contribution is 6.57. The third-order valence-electron chi connectivity index (χ3n) is 1.93. The Kier molecular flexibility index (Phi) is 6.62. The molecular weight excluding hydrogens is 186 g/mol. The zero-order valence-electron chi connectivity index (χ0n) is 8.79. The van der Waals surface area contributed by atoms with Gasteiger partial charge in [0, 0.05) is 19.4 Å². The number of alkyl carbamates (subject to hydrolysis) is 1. The van der Waals surface area contributed by atoms with E-state index < -0.39 is 8.80 Å². The van der Waals surface area contributed by atoms with Crippen molar-refractivity contribution >= 4 is 14.9 Å². The molecule has 1 unspecified atom stereocenters. The summed E-state index contributed by atoms with van der Waals surface area (Å²) in [7, 11) is 2.31. The Balaban J connectivity index is 3.55. The lowest BCUT2D eigenvalue weighted by Crippen LogP contribution is -2.33. The summed E-state index contributed by atoms with van der Waals surface area (Å²) in [5.41, 5.74) is 0.331. The summed E-state index contributed by atoms with van der Waals surface area (Å²) < 4.78 is 9.74. The van der Waals surface area contributed by atoms with Crippen molar-refractivity contribution in [2.75, 3.05) is 20.8 Å². The van der Waals surface area contributed by atoms with Gasteiger partial charge in [0.2, 0.25) is 0 Å². The Morgan fingerprint density at radius 3 is 2.46 bits per heavy atom. The van der Waals surface area contributed by atoms with Crippen molar-refractivity contribution in [1.29, 1.82) is 0 Å². The lowest BCUT2D eigenvalue weighted by atomic mass is 10.4. The highest BCUT2D eigenvalue weighted by Gasteiger charge is 2.13. The van der Waals surface area contributed by atoms with Crippen LogP contribution in [0.25, 0.3) is 0 Å². The van der Waals surface area contributed by atoms with E-state index in [0.29, 0.717) is 12.3 Å². The SMILES string of the molecule is COC(=O)NCCC(OC)[SiH](C)C. The molecule has 1 atom stereocenters. The largest absolute Gasteiger partial charge is 0.453 e. The van der Waals surface area contributed by atoms with Crippen LogP contribution in [-0.4, -0.2) is 41.4 Å². The summed E-state index contributed by atoms with van der Waals surface area (Å²) in [5.74, 6) is 0. The van der Waals surface area contributed by atoms with Gasteiger partial charge in [0.05, 0.1) is 15.9 Å². The highest BCUT2D eigenvalue weighted by Crippen LogP contribution is 2.01. The smallest absolute Gasteiger partial charge is 0.406 e. The lowest BCUT2D eigenvalue weighted by Gasteiger charge is -2.17. The molecule has 13 heavy (non-hydrogen) atoms. The summed E-state index contributed by atoms with van der Waals surface area (Å²) >= 11 is 0. The van der Waals surface area contributed by atoms with Crippen molar-refractivity contribution in [1.82, 2.24) is 5.32 Å². The third kappa shape index (κ3) is 5.65. The van der Waals surface area contributed by atoms with Crippen LogP contribution in [0.15, 0.2) is 0 Å². The van der Waals surface area contributed by atoms with E-state index in [1.54, 1.807) is 7.11 Å². The molecule has 1 N–H and O–H groups in total. The minimum absolute atomic E-state index is 0.331. The number of methoxy groups -OCH3 is 2. The van der Waals surface area contributed by atoms with E-state index in [1.807, 2.05) is 0 Å². The molecule has 4 nitrogen and oxygen atoms in total. The number of carbonyl (C=O) groups is 1. The summed E-state index contributed by atoms with van der Waals surface area (Å²) in [6.45, 7) is 5.08. The number of ether oxygens (including phenoxy) is 2. The molecule has 0 fully saturated rings. The van der Waals surface area contributed by atoms with Crippen molar-refractivity contribution in [2.45, 2.75) is 25.2 Å². The molecule has 5 heteroatoms. The first-order valence-corrected chi connectivity index (χ1v) is 7.44. The fourth-order valence-electron chi connectivity index (χ4n) is 1.11. The van der Waals surface area contributed by atoms with Crippen molar-refractivity contribution in [3.05, 3.63) is 0 Å². The van der Waals surface area contributed by atoms with Crippen LogP contribution in [-0.2, 0) is 9.47 Å². The predicted molar refractivity (Wildman–Crippen MR) is 54.7 cm³/mol. The molecule has 0 spiro atoms. The maximum Gasteiger partial charge on any atom is 0.406 e. The second-order valence-electron chi connectivity index (χ2n) is 3.23. The second-order valence-corrected chi connectivity index (χ2v) is 6.46. The molecule has 0 aromatic heterocycles. The molecule has 0 saturated carbocycles. The predicted octanol–water partition coefficient (Wildman–Crippen LogP) is 0.773. The lowest BCUT2D eigenvalue weighted by molar-refractivity contribution is 0.148. The van der Waals surface area contributed by atoms with E-state index in [0.717, 1.165) is 6.42 Å². The summed E-state index contributed by atoms with van der Waals surface area (Å²) in [5, 5.41) is 2.63. The van der Waals surface area contributed by atoms with Gasteiger partial charge in [-0.1, -0.05) is 13.1 Å². The van der Waals surface area contributed by atoms with Gasteiger partial charge in [-0.3, -0.25) is 0 Å². The quantitative estimate of drug-likeness (QED) is 0.675. The van der Waals surface area contributed by atoms with Crippen LogP contribution in [0.3, 0.4) is 0 Å². The monoisotopic (exact) mass is 205 g/mol. The fraction of sp³-hybridized carbons (Fsp3) is 0.875. The van der Waals surface area contributed by atoms with Gasteiger partial charge in [-0.05, 0) is 6.42 Å². The second kappa shape index (κ2) is 6.91. The Labute approximate surface area is 81.2 Å². The number of nitrogens with one attached hydrogen (secondary N) is 1. The average Bonchev–Trinajstić information content (AvgIpc) is 2.11. The van der Waals surface area contributed by atoms with Crippen LogP contribution in [0.1, 0.15) is 6.42 Å². The minimum Gasteiger partial charge on any atom is -0.453 e. The molecular formula is C8H19NO3Si. The topological polar surface area (TPSA) is 47.6 Å². The third-order valence-corrected chi connectivity index (χ3v) is 4.02. The first-order valence-electron chi connectivity index (χ1n) is 4.46. The van der Waals surface area contributed by atoms with Crippen molar-refractivity contribution < 1.29 is 14.3 Å². The fourth-order valence-corrected chi connectivity index (χ4v) is 2.49. The molecule has 0 aliphatic carbocycles. The minimum atomic E-state index is -0.772. The molecule has 78 valence electrons. The van der Waals surface area contributed by atoms with Crippen LogP contribution in [0.5, 0.6) is 0 Å². The normalized spacial score (nSPS) is 12.7. The van der Waals surface area contributed by atoms with Gasteiger partial charge in [0.25, 0.3) is 0 Å². The Morgan fingerprint density at radius 2 is 2.08 bits per heavy atom. The summed E-state index contributed by atoms with van der Waals surface area (Å²) in [6, 6.07) is 0. The standard InChI is InChI=1S/C8H19NO3Si/c1-11-7(13(3)4)5-6-9-8(10)12-2/h7,13H,5-6H2,1-4H3,(H,9,10). The zero-order valence-corrected chi connectivity index (χ0v) is 9.95. The van der Waals surface area contributed by atoms with Crippen molar-refractivity contribution in [2.24, 2.45) is 0 Å². The highest BCUT2D eigenvalue weighted by atomic mass is 28.3. The Hall–Kier alpha value is -0.553. The number of hydrogen-bond donors (Lipinski definition) is 1. The van der Waals surface area contributed by atoms with Crippen molar-refractivity contribution in [3.63, 3.8) is 0 Å². The van der Waals surface area contributed by atoms with Gasteiger partial charge in [-0.25, -0.2) is 4.79 Å².